The summed E-state index contributed by atoms with van der Waals surface area (Å²) in [7, 11) is 1.79. The number of phenolic OH excluding ortho intramolecular Hbond substituents is 1. The van der Waals surface area contributed by atoms with Crippen molar-refractivity contribution < 1.29 is 9.84 Å². The lowest BCUT2D eigenvalue weighted by Gasteiger charge is -2.29. The van der Waals surface area contributed by atoms with E-state index in [9.17, 15) is 5.11 Å². The van der Waals surface area contributed by atoms with E-state index in [0.717, 1.165) is 22.9 Å². The molecule has 3 rings (SSSR count). The number of hydrogen-bond donors (Lipinski definition) is 1. The van der Waals surface area contributed by atoms with E-state index in [1.54, 1.807) is 13.2 Å². The van der Waals surface area contributed by atoms with Crippen LogP contribution in [0.15, 0.2) is 53.0 Å². The van der Waals surface area contributed by atoms with Crippen LogP contribution in [-0.4, -0.2) is 12.2 Å². The molecule has 0 heterocycles. The zero-order valence-electron chi connectivity index (χ0n) is 12.7. The van der Waals surface area contributed by atoms with Crippen LogP contribution in [0.2, 0.25) is 0 Å². The lowest BCUT2D eigenvalue weighted by Crippen LogP contribution is -2.18. The quantitative estimate of drug-likeness (QED) is 0.787. The van der Waals surface area contributed by atoms with E-state index in [4.69, 9.17) is 4.74 Å². The van der Waals surface area contributed by atoms with Gasteiger partial charge in [-0.1, -0.05) is 58.7 Å². The average molecular weight is 361 g/mol. The smallest absolute Gasteiger partial charge is 0.120 e. The molecule has 1 aliphatic carbocycles. The second-order valence-electron chi connectivity index (χ2n) is 5.97. The summed E-state index contributed by atoms with van der Waals surface area (Å²) in [5.74, 6) is 1.13. The van der Waals surface area contributed by atoms with Crippen molar-refractivity contribution in [2.24, 2.45) is 5.92 Å². The molecule has 2 nitrogen and oxygen atoms in total. The first-order valence-corrected chi connectivity index (χ1v) is 8.56. The van der Waals surface area contributed by atoms with E-state index < -0.39 is 0 Å². The molecule has 22 heavy (non-hydrogen) atoms. The molecule has 0 aromatic heterocycles. The molecule has 1 unspecified atom stereocenters. The minimum Gasteiger partial charge on any atom is -0.508 e. The Morgan fingerprint density at radius 3 is 2.59 bits per heavy atom. The SMILES string of the molecule is COC(c1ccccc1)[C@@H]1CCC[C@H]1c1ccc(Br)cc1O. The maximum absolute atomic E-state index is 10.3. The molecule has 1 N–H and O–H groups in total. The first-order chi connectivity index (χ1) is 10.7. The summed E-state index contributed by atoms with van der Waals surface area (Å²) in [4.78, 5) is 0. The third-order valence-electron chi connectivity index (χ3n) is 4.73. The van der Waals surface area contributed by atoms with Crippen molar-refractivity contribution in [2.75, 3.05) is 7.11 Å². The van der Waals surface area contributed by atoms with E-state index in [2.05, 4.69) is 40.2 Å². The molecule has 3 atom stereocenters. The van der Waals surface area contributed by atoms with E-state index in [1.165, 1.54) is 12.0 Å². The van der Waals surface area contributed by atoms with Gasteiger partial charge < -0.3 is 9.84 Å². The third kappa shape index (κ3) is 3.06. The van der Waals surface area contributed by atoms with Gasteiger partial charge in [0, 0.05) is 11.6 Å². The maximum atomic E-state index is 10.3. The van der Waals surface area contributed by atoms with Crippen molar-refractivity contribution in [3.8, 4) is 5.75 Å². The Labute approximate surface area is 140 Å². The first kappa shape index (κ1) is 15.6. The highest BCUT2D eigenvalue weighted by molar-refractivity contribution is 9.10. The zero-order chi connectivity index (χ0) is 15.5. The van der Waals surface area contributed by atoms with Crippen molar-refractivity contribution >= 4 is 15.9 Å². The number of benzene rings is 2. The van der Waals surface area contributed by atoms with Crippen LogP contribution in [0.25, 0.3) is 0 Å². The minimum atomic E-state index is 0.0803. The van der Waals surface area contributed by atoms with Crippen LogP contribution in [-0.2, 0) is 4.74 Å². The average Bonchev–Trinajstić information content (AvgIpc) is 2.98. The second kappa shape index (κ2) is 6.84. The Kier molecular flexibility index (Phi) is 4.84. The van der Waals surface area contributed by atoms with Crippen LogP contribution in [0.5, 0.6) is 5.75 Å². The Hall–Kier alpha value is -1.32. The lowest BCUT2D eigenvalue weighted by molar-refractivity contribution is 0.0465. The van der Waals surface area contributed by atoms with Gasteiger partial charge in [-0.25, -0.2) is 0 Å². The molecule has 0 radical (unpaired) electrons. The van der Waals surface area contributed by atoms with E-state index in [-0.39, 0.29) is 6.10 Å². The number of phenols is 1. The monoisotopic (exact) mass is 360 g/mol. The molecule has 0 bridgehead atoms. The molecule has 1 aliphatic rings. The standard InChI is InChI=1S/C19H21BrO2/c1-22-19(13-6-3-2-4-7-13)17-9-5-8-15(17)16-11-10-14(20)12-18(16)21/h2-4,6-7,10-12,15,17,19,21H,5,8-9H2,1H3/t15-,17+,19?/m0/s1. The molecule has 1 saturated carbocycles. The summed E-state index contributed by atoms with van der Waals surface area (Å²) in [5.41, 5.74) is 2.27. The fourth-order valence-electron chi connectivity index (χ4n) is 3.77. The fourth-order valence-corrected chi connectivity index (χ4v) is 4.12. The summed E-state index contributed by atoms with van der Waals surface area (Å²) < 4.78 is 6.76. The van der Waals surface area contributed by atoms with Crippen molar-refractivity contribution in [3.63, 3.8) is 0 Å². The van der Waals surface area contributed by atoms with E-state index in [0.29, 0.717) is 17.6 Å². The van der Waals surface area contributed by atoms with E-state index in [1.807, 2.05) is 18.2 Å². The first-order valence-electron chi connectivity index (χ1n) is 7.77. The predicted octanol–water partition coefficient (Wildman–Crippen LogP) is 5.43. The van der Waals surface area contributed by atoms with Crippen molar-refractivity contribution in [2.45, 2.75) is 31.3 Å². The van der Waals surface area contributed by atoms with Crippen LogP contribution in [0.3, 0.4) is 0 Å². The molecule has 2 aromatic rings. The van der Waals surface area contributed by atoms with Gasteiger partial charge in [0.25, 0.3) is 0 Å². The molecule has 0 spiro atoms. The van der Waals surface area contributed by atoms with Crippen LogP contribution in [0, 0.1) is 5.92 Å². The van der Waals surface area contributed by atoms with Gasteiger partial charge in [-0.15, -0.1) is 0 Å². The number of methoxy groups -OCH3 is 1. The van der Waals surface area contributed by atoms with Crippen molar-refractivity contribution in [1.82, 2.24) is 0 Å². The van der Waals surface area contributed by atoms with Gasteiger partial charge in [0.2, 0.25) is 0 Å². The number of aromatic hydroxyl groups is 1. The van der Waals surface area contributed by atoms with Crippen LogP contribution >= 0.6 is 15.9 Å². The molecule has 1 fully saturated rings. The topological polar surface area (TPSA) is 29.5 Å². The van der Waals surface area contributed by atoms with Gasteiger partial charge in [-0.05, 0) is 47.9 Å². The van der Waals surface area contributed by atoms with Gasteiger partial charge in [0.15, 0.2) is 0 Å². The highest BCUT2D eigenvalue weighted by atomic mass is 79.9. The molecule has 0 saturated heterocycles. The number of hydrogen-bond acceptors (Lipinski definition) is 2. The molecule has 116 valence electrons. The highest BCUT2D eigenvalue weighted by Gasteiger charge is 2.36. The molecular formula is C19H21BrO2. The van der Waals surface area contributed by atoms with Crippen LogP contribution < -0.4 is 0 Å². The molecule has 2 aromatic carbocycles. The summed E-state index contributed by atoms with van der Waals surface area (Å²) in [6.07, 6.45) is 3.49. The third-order valence-corrected chi connectivity index (χ3v) is 5.23. The van der Waals surface area contributed by atoms with Crippen LogP contribution in [0.4, 0.5) is 0 Å². The normalized spacial score (nSPS) is 22.6. The second-order valence-corrected chi connectivity index (χ2v) is 6.89. The Morgan fingerprint density at radius 2 is 1.91 bits per heavy atom. The molecule has 0 aliphatic heterocycles. The summed E-state index contributed by atoms with van der Waals surface area (Å²) >= 11 is 3.41. The van der Waals surface area contributed by atoms with Gasteiger partial charge in [0.1, 0.15) is 5.75 Å². The molecule has 3 heteroatoms. The minimum absolute atomic E-state index is 0.0803. The Balaban J connectivity index is 1.92. The zero-order valence-corrected chi connectivity index (χ0v) is 14.3. The van der Waals surface area contributed by atoms with Gasteiger partial charge in [-0.2, -0.15) is 0 Å². The summed E-state index contributed by atoms with van der Waals surface area (Å²) in [6, 6.07) is 16.2. The Bertz CT molecular complexity index is 627. The number of ether oxygens (including phenoxy) is 1. The molecule has 0 amide bonds. The lowest BCUT2D eigenvalue weighted by atomic mass is 9.82. The fraction of sp³-hybridized carbons (Fsp3) is 0.368. The molecular weight excluding hydrogens is 340 g/mol. The largest absolute Gasteiger partial charge is 0.508 e. The van der Waals surface area contributed by atoms with Crippen LogP contribution in [0.1, 0.15) is 42.4 Å². The van der Waals surface area contributed by atoms with Gasteiger partial charge >= 0.3 is 0 Å². The van der Waals surface area contributed by atoms with Crippen molar-refractivity contribution in [1.29, 1.82) is 0 Å². The number of halogens is 1. The van der Waals surface area contributed by atoms with Crippen molar-refractivity contribution in [3.05, 3.63) is 64.1 Å². The maximum Gasteiger partial charge on any atom is 0.120 e. The summed E-state index contributed by atoms with van der Waals surface area (Å²) in [5, 5.41) is 10.3. The number of rotatable bonds is 4. The van der Waals surface area contributed by atoms with Gasteiger partial charge in [0.05, 0.1) is 6.10 Å². The Morgan fingerprint density at radius 1 is 1.14 bits per heavy atom. The summed E-state index contributed by atoms with van der Waals surface area (Å²) in [6.45, 7) is 0. The van der Waals surface area contributed by atoms with Gasteiger partial charge in [-0.3, -0.25) is 0 Å². The van der Waals surface area contributed by atoms with E-state index >= 15 is 0 Å². The highest BCUT2D eigenvalue weighted by Crippen LogP contribution is 2.49. The predicted molar refractivity (Wildman–Crippen MR) is 92.1 cm³/mol.